The predicted octanol–water partition coefficient (Wildman–Crippen LogP) is 3.53. The third kappa shape index (κ3) is 2.81. The van der Waals surface area contributed by atoms with Gasteiger partial charge in [-0.2, -0.15) is 0 Å². The summed E-state index contributed by atoms with van der Waals surface area (Å²) in [6, 6.07) is 1.80. The second kappa shape index (κ2) is 5.23. The number of hydrogen-bond acceptors (Lipinski definition) is 3. The van der Waals surface area contributed by atoms with Crippen molar-refractivity contribution in [3.63, 3.8) is 0 Å². The van der Waals surface area contributed by atoms with Crippen molar-refractivity contribution in [3.8, 4) is 0 Å². The van der Waals surface area contributed by atoms with Crippen molar-refractivity contribution in [2.45, 2.75) is 43.9 Å². The van der Waals surface area contributed by atoms with Gasteiger partial charge in [-0.1, -0.05) is 13.8 Å². The van der Waals surface area contributed by atoms with E-state index in [1.165, 1.54) is 11.3 Å². The first-order chi connectivity index (χ1) is 8.31. The molecule has 0 aliphatic heterocycles. The van der Waals surface area contributed by atoms with Gasteiger partial charge in [0.05, 0.1) is 3.79 Å². The van der Waals surface area contributed by atoms with Crippen molar-refractivity contribution in [1.82, 2.24) is 4.72 Å². The summed E-state index contributed by atoms with van der Waals surface area (Å²) < 4.78 is 28.7. The molecule has 1 aromatic heterocycles. The fourth-order valence-electron chi connectivity index (χ4n) is 2.35. The second-order valence-corrected chi connectivity index (χ2v) is 9.47. The molecular weight excluding hydrogens is 334 g/mol. The van der Waals surface area contributed by atoms with Gasteiger partial charge in [0.25, 0.3) is 0 Å². The van der Waals surface area contributed by atoms with Gasteiger partial charge in [-0.05, 0) is 59.2 Å². The lowest BCUT2D eigenvalue weighted by Gasteiger charge is -2.19. The minimum atomic E-state index is -3.36. The van der Waals surface area contributed by atoms with Gasteiger partial charge in [0.1, 0.15) is 4.21 Å². The van der Waals surface area contributed by atoms with Gasteiger partial charge in [-0.3, -0.25) is 0 Å². The van der Waals surface area contributed by atoms with E-state index in [0.717, 1.165) is 22.2 Å². The van der Waals surface area contributed by atoms with Crippen LogP contribution < -0.4 is 4.72 Å². The molecule has 102 valence electrons. The highest BCUT2D eigenvalue weighted by molar-refractivity contribution is 9.11. The highest BCUT2D eigenvalue weighted by Gasteiger charge is 2.33. The van der Waals surface area contributed by atoms with Crippen LogP contribution in [0.2, 0.25) is 0 Å². The Bertz CT molecular complexity index is 519. The number of hydrogen-bond donors (Lipinski definition) is 1. The molecule has 1 saturated carbocycles. The van der Waals surface area contributed by atoms with Crippen molar-refractivity contribution in [2.75, 3.05) is 0 Å². The lowest BCUT2D eigenvalue weighted by molar-refractivity contribution is 0.402. The van der Waals surface area contributed by atoms with Crippen LogP contribution in [0.4, 0.5) is 0 Å². The van der Waals surface area contributed by atoms with Crippen LogP contribution in [0.3, 0.4) is 0 Å². The SMILES string of the molecule is Cc1cc(S(=O)(=O)NC2CCC(C)C2C)sc1Br. The Labute approximate surface area is 121 Å². The van der Waals surface area contributed by atoms with Gasteiger partial charge in [-0.25, -0.2) is 13.1 Å². The number of nitrogens with one attached hydrogen (secondary N) is 1. The van der Waals surface area contributed by atoms with Crippen LogP contribution in [0.25, 0.3) is 0 Å². The van der Waals surface area contributed by atoms with E-state index in [4.69, 9.17) is 0 Å². The van der Waals surface area contributed by atoms with Crippen LogP contribution in [0.5, 0.6) is 0 Å². The van der Waals surface area contributed by atoms with Gasteiger partial charge >= 0.3 is 0 Å². The van der Waals surface area contributed by atoms with Crippen LogP contribution in [0.1, 0.15) is 32.3 Å². The van der Waals surface area contributed by atoms with Crippen molar-refractivity contribution in [3.05, 3.63) is 15.4 Å². The average Bonchev–Trinajstić information content (AvgIpc) is 2.77. The van der Waals surface area contributed by atoms with E-state index in [9.17, 15) is 8.42 Å². The molecule has 1 aliphatic carbocycles. The topological polar surface area (TPSA) is 46.2 Å². The molecule has 1 aliphatic rings. The Morgan fingerprint density at radius 1 is 1.39 bits per heavy atom. The molecule has 3 unspecified atom stereocenters. The summed E-state index contributed by atoms with van der Waals surface area (Å²) in [4.78, 5) is 0. The minimum Gasteiger partial charge on any atom is -0.207 e. The summed E-state index contributed by atoms with van der Waals surface area (Å²) in [6.07, 6.45) is 2.04. The van der Waals surface area contributed by atoms with Crippen molar-refractivity contribution >= 4 is 37.3 Å². The molecule has 1 N–H and O–H groups in total. The zero-order valence-corrected chi connectivity index (χ0v) is 14.0. The quantitative estimate of drug-likeness (QED) is 0.905. The Balaban J connectivity index is 2.18. The van der Waals surface area contributed by atoms with Gasteiger partial charge in [-0.15, -0.1) is 11.3 Å². The van der Waals surface area contributed by atoms with Crippen LogP contribution in [0, 0.1) is 18.8 Å². The van der Waals surface area contributed by atoms with Crippen LogP contribution in [-0.4, -0.2) is 14.5 Å². The molecule has 1 aromatic rings. The van der Waals surface area contributed by atoms with E-state index in [1.807, 2.05) is 6.92 Å². The van der Waals surface area contributed by atoms with E-state index in [2.05, 4.69) is 34.5 Å². The van der Waals surface area contributed by atoms with Gasteiger partial charge in [0.2, 0.25) is 10.0 Å². The summed E-state index contributed by atoms with van der Waals surface area (Å²) in [6.45, 7) is 6.21. The highest BCUT2D eigenvalue weighted by Crippen LogP contribution is 2.34. The Hall–Kier alpha value is 0.0900. The largest absolute Gasteiger partial charge is 0.250 e. The minimum absolute atomic E-state index is 0.0752. The monoisotopic (exact) mass is 351 g/mol. The summed E-state index contributed by atoms with van der Waals surface area (Å²) in [5.74, 6) is 0.999. The van der Waals surface area contributed by atoms with Crippen molar-refractivity contribution in [1.29, 1.82) is 0 Å². The maximum atomic E-state index is 12.3. The maximum absolute atomic E-state index is 12.3. The first-order valence-corrected chi connectivity index (χ1v) is 9.19. The first kappa shape index (κ1) is 14.5. The zero-order valence-electron chi connectivity index (χ0n) is 10.7. The molecule has 1 fully saturated rings. The smallest absolute Gasteiger partial charge is 0.207 e. The summed E-state index contributed by atoms with van der Waals surface area (Å²) in [5, 5.41) is 0. The molecule has 2 rings (SSSR count). The lowest BCUT2D eigenvalue weighted by Crippen LogP contribution is -2.36. The normalized spacial score (nSPS) is 28.8. The molecule has 0 radical (unpaired) electrons. The third-order valence-electron chi connectivity index (χ3n) is 3.87. The number of rotatable bonds is 3. The zero-order chi connectivity index (χ0) is 13.5. The Morgan fingerprint density at radius 3 is 2.50 bits per heavy atom. The number of thiophene rings is 1. The Kier molecular flexibility index (Phi) is 4.21. The van der Waals surface area contributed by atoms with E-state index in [-0.39, 0.29) is 6.04 Å². The molecule has 18 heavy (non-hydrogen) atoms. The van der Waals surface area contributed by atoms with E-state index in [1.54, 1.807) is 6.07 Å². The molecule has 0 spiro atoms. The standard InChI is InChI=1S/C12H18BrNO2S2/c1-7-4-5-10(9(7)3)14-18(15,16)11-6-8(2)12(13)17-11/h6-7,9-10,14H,4-5H2,1-3H3. The highest BCUT2D eigenvalue weighted by atomic mass is 79.9. The van der Waals surface area contributed by atoms with Crippen molar-refractivity contribution < 1.29 is 8.42 Å². The molecule has 0 bridgehead atoms. The molecule has 3 nitrogen and oxygen atoms in total. The van der Waals surface area contributed by atoms with Crippen LogP contribution >= 0.6 is 27.3 Å². The molecule has 1 heterocycles. The van der Waals surface area contributed by atoms with Crippen LogP contribution in [0.15, 0.2) is 14.1 Å². The second-order valence-electron chi connectivity index (χ2n) is 5.16. The maximum Gasteiger partial charge on any atom is 0.250 e. The van der Waals surface area contributed by atoms with Gasteiger partial charge < -0.3 is 0 Å². The van der Waals surface area contributed by atoms with E-state index >= 15 is 0 Å². The third-order valence-corrected chi connectivity index (χ3v) is 7.97. The number of sulfonamides is 1. The summed E-state index contributed by atoms with van der Waals surface area (Å²) >= 11 is 4.64. The average molecular weight is 352 g/mol. The molecule has 3 atom stereocenters. The fourth-order valence-corrected chi connectivity index (χ4v) is 5.96. The first-order valence-electron chi connectivity index (χ1n) is 6.09. The van der Waals surface area contributed by atoms with E-state index in [0.29, 0.717) is 16.0 Å². The molecule has 0 saturated heterocycles. The van der Waals surface area contributed by atoms with E-state index < -0.39 is 10.0 Å². The summed E-state index contributed by atoms with van der Waals surface area (Å²) in [7, 11) is -3.36. The Morgan fingerprint density at radius 2 is 2.06 bits per heavy atom. The predicted molar refractivity (Wildman–Crippen MR) is 78.4 cm³/mol. The molecule has 0 amide bonds. The fraction of sp³-hybridized carbons (Fsp3) is 0.667. The van der Waals surface area contributed by atoms with Crippen LogP contribution in [-0.2, 0) is 10.0 Å². The lowest BCUT2D eigenvalue weighted by atomic mass is 9.98. The van der Waals surface area contributed by atoms with Crippen molar-refractivity contribution in [2.24, 2.45) is 11.8 Å². The van der Waals surface area contributed by atoms with Gasteiger partial charge in [0, 0.05) is 6.04 Å². The molecule has 6 heteroatoms. The van der Waals surface area contributed by atoms with Gasteiger partial charge in [0.15, 0.2) is 0 Å². The number of halogens is 1. The summed E-state index contributed by atoms with van der Waals surface area (Å²) in [5.41, 5.74) is 0.966. The molecular formula is C12H18BrNO2S2. The molecule has 0 aromatic carbocycles. The number of aryl methyl sites for hydroxylation is 1.